The molecule has 0 aliphatic heterocycles. The van der Waals surface area contributed by atoms with Gasteiger partial charge in [-0.05, 0) is 61.9 Å². The van der Waals surface area contributed by atoms with Crippen LogP contribution in [0.1, 0.15) is 27.4 Å². The first-order valence-electron chi connectivity index (χ1n) is 10.1. The number of nitrogens with one attached hydrogen (secondary N) is 2. The lowest BCUT2D eigenvalue weighted by Crippen LogP contribution is -2.14. The summed E-state index contributed by atoms with van der Waals surface area (Å²) < 4.78 is 30.7. The molecule has 2 heterocycles. The molecule has 0 atom stereocenters. The SMILES string of the molecule is Cc1nn(Cc2ccc(Cl)cc2Cl)c(C)c1NC(=O)c1cc(-c2ccc(OC(F)F)cc2)n[nH]1. The number of amides is 1. The molecule has 0 aliphatic rings. The first-order chi connectivity index (χ1) is 16.2. The normalized spacial score (nSPS) is 11.1. The molecule has 0 radical (unpaired) electrons. The van der Waals surface area contributed by atoms with Crippen LogP contribution in [0.5, 0.6) is 5.75 Å². The summed E-state index contributed by atoms with van der Waals surface area (Å²) in [6.45, 7) is 1.16. The Morgan fingerprint density at radius 3 is 2.56 bits per heavy atom. The van der Waals surface area contributed by atoms with Crippen molar-refractivity contribution in [2.24, 2.45) is 0 Å². The lowest BCUT2D eigenvalue weighted by Gasteiger charge is -2.08. The van der Waals surface area contributed by atoms with E-state index in [2.05, 4.69) is 25.3 Å². The summed E-state index contributed by atoms with van der Waals surface area (Å²) in [5.74, 6) is -0.359. The van der Waals surface area contributed by atoms with E-state index in [-0.39, 0.29) is 11.4 Å². The minimum atomic E-state index is -2.90. The molecule has 11 heteroatoms. The number of hydrogen-bond acceptors (Lipinski definition) is 4. The van der Waals surface area contributed by atoms with Crippen molar-refractivity contribution in [2.45, 2.75) is 27.0 Å². The Hall–Kier alpha value is -3.43. The minimum absolute atomic E-state index is 0.0371. The molecule has 0 bridgehead atoms. The number of alkyl halides is 2. The fourth-order valence-electron chi connectivity index (χ4n) is 3.42. The Morgan fingerprint density at radius 2 is 1.88 bits per heavy atom. The molecule has 176 valence electrons. The molecule has 0 saturated heterocycles. The topological polar surface area (TPSA) is 84.8 Å². The van der Waals surface area contributed by atoms with Crippen LogP contribution in [-0.4, -0.2) is 32.5 Å². The van der Waals surface area contributed by atoms with Gasteiger partial charge in [-0.2, -0.15) is 19.0 Å². The van der Waals surface area contributed by atoms with Crippen LogP contribution < -0.4 is 10.1 Å². The molecule has 0 aliphatic carbocycles. The van der Waals surface area contributed by atoms with Crippen LogP contribution in [0, 0.1) is 13.8 Å². The van der Waals surface area contributed by atoms with Crippen LogP contribution in [0.15, 0.2) is 48.5 Å². The molecule has 1 amide bonds. The maximum absolute atomic E-state index is 12.8. The highest BCUT2D eigenvalue weighted by molar-refractivity contribution is 6.35. The Kier molecular flexibility index (Phi) is 6.85. The summed E-state index contributed by atoms with van der Waals surface area (Å²) >= 11 is 12.2. The standard InChI is InChI=1S/C23H19Cl2F2N5O2/c1-12-21(13(2)32(31-12)11-15-3-6-16(24)9-18(15)25)28-22(33)20-10-19(29-30-20)14-4-7-17(8-5-14)34-23(26)27/h3-10,23H,11H2,1-2H3,(H,28,33)(H,29,30). The van der Waals surface area contributed by atoms with Crippen molar-refractivity contribution in [1.82, 2.24) is 20.0 Å². The minimum Gasteiger partial charge on any atom is -0.435 e. The number of carbonyl (C=O) groups is 1. The molecule has 7 nitrogen and oxygen atoms in total. The summed E-state index contributed by atoms with van der Waals surface area (Å²) in [6.07, 6.45) is 0. The van der Waals surface area contributed by atoms with Crippen LogP contribution in [-0.2, 0) is 6.54 Å². The van der Waals surface area contributed by atoms with Gasteiger partial charge in [-0.3, -0.25) is 14.6 Å². The van der Waals surface area contributed by atoms with Gasteiger partial charge in [0.05, 0.1) is 29.3 Å². The highest BCUT2D eigenvalue weighted by Crippen LogP contribution is 2.26. The van der Waals surface area contributed by atoms with Crippen LogP contribution in [0.3, 0.4) is 0 Å². The van der Waals surface area contributed by atoms with Gasteiger partial charge in [0.15, 0.2) is 0 Å². The van der Waals surface area contributed by atoms with Crippen molar-refractivity contribution in [2.75, 3.05) is 5.32 Å². The van der Waals surface area contributed by atoms with Crippen molar-refractivity contribution in [1.29, 1.82) is 0 Å². The summed E-state index contributed by atoms with van der Waals surface area (Å²) in [5.41, 5.74) is 4.18. The van der Waals surface area contributed by atoms with Gasteiger partial charge in [0.1, 0.15) is 11.4 Å². The van der Waals surface area contributed by atoms with Gasteiger partial charge in [0, 0.05) is 15.6 Å². The van der Waals surface area contributed by atoms with Gasteiger partial charge in [-0.25, -0.2) is 0 Å². The second kappa shape index (κ2) is 9.82. The van der Waals surface area contributed by atoms with Crippen molar-refractivity contribution >= 4 is 34.8 Å². The van der Waals surface area contributed by atoms with E-state index in [1.165, 1.54) is 12.1 Å². The molecule has 0 unspecified atom stereocenters. The van der Waals surface area contributed by atoms with E-state index < -0.39 is 12.5 Å². The van der Waals surface area contributed by atoms with Crippen molar-refractivity contribution in [3.05, 3.63) is 81.2 Å². The summed E-state index contributed by atoms with van der Waals surface area (Å²) in [4.78, 5) is 12.8. The predicted octanol–water partition coefficient (Wildman–Crippen LogP) is 6.10. The second-order valence-corrected chi connectivity index (χ2v) is 8.31. The number of aromatic amines is 1. The zero-order valence-corrected chi connectivity index (χ0v) is 19.6. The fourth-order valence-corrected chi connectivity index (χ4v) is 3.89. The number of halogens is 4. The van der Waals surface area contributed by atoms with E-state index in [0.29, 0.717) is 39.2 Å². The number of carbonyl (C=O) groups excluding carboxylic acids is 1. The number of aryl methyl sites for hydroxylation is 1. The molecule has 2 aromatic heterocycles. The molecule has 0 spiro atoms. The summed E-state index contributed by atoms with van der Waals surface area (Å²) in [6, 6.07) is 12.8. The number of rotatable bonds is 7. The third kappa shape index (κ3) is 5.21. The smallest absolute Gasteiger partial charge is 0.387 e. The fraction of sp³-hybridized carbons (Fsp3) is 0.174. The number of ether oxygens (including phenoxy) is 1. The molecule has 2 N–H and O–H groups in total. The molecular formula is C23H19Cl2F2N5O2. The third-order valence-electron chi connectivity index (χ3n) is 5.15. The molecule has 0 fully saturated rings. The third-order valence-corrected chi connectivity index (χ3v) is 5.74. The highest BCUT2D eigenvalue weighted by Gasteiger charge is 2.18. The summed E-state index contributed by atoms with van der Waals surface area (Å²) in [7, 11) is 0. The van der Waals surface area contributed by atoms with Crippen LogP contribution in [0.2, 0.25) is 10.0 Å². The molecular weight excluding hydrogens is 487 g/mol. The number of benzene rings is 2. The van der Waals surface area contributed by atoms with Crippen molar-refractivity contribution in [3.8, 4) is 17.0 Å². The van der Waals surface area contributed by atoms with E-state index in [9.17, 15) is 13.6 Å². The number of aromatic nitrogens is 4. The van der Waals surface area contributed by atoms with E-state index >= 15 is 0 Å². The van der Waals surface area contributed by atoms with Crippen molar-refractivity contribution in [3.63, 3.8) is 0 Å². The van der Waals surface area contributed by atoms with E-state index in [1.807, 2.05) is 13.0 Å². The predicted molar refractivity (Wildman–Crippen MR) is 126 cm³/mol. The molecule has 34 heavy (non-hydrogen) atoms. The summed E-state index contributed by atoms with van der Waals surface area (Å²) in [5, 5.41) is 15.3. The number of anilines is 1. The number of H-pyrrole nitrogens is 1. The largest absolute Gasteiger partial charge is 0.435 e. The number of nitrogens with zero attached hydrogens (tertiary/aromatic N) is 3. The average Bonchev–Trinajstić information content (AvgIpc) is 3.37. The van der Waals surface area contributed by atoms with E-state index in [0.717, 1.165) is 11.3 Å². The van der Waals surface area contributed by atoms with Crippen LogP contribution in [0.25, 0.3) is 11.3 Å². The monoisotopic (exact) mass is 505 g/mol. The molecule has 0 saturated carbocycles. The van der Waals surface area contributed by atoms with Crippen LogP contribution in [0.4, 0.5) is 14.5 Å². The van der Waals surface area contributed by atoms with Gasteiger partial charge in [-0.15, -0.1) is 0 Å². The van der Waals surface area contributed by atoms with Gasteiger partial charge in [0.25, 0.3) is 5.91 Å². The van der Waals surface area contributed by atoms with Gasteiger partial charge >= 0.3 is 6.61 Å². The highest BCUT2D eigenvalue weighted by atomic mass is 35.5. The Labute approximate surface area is 203 Å². The maximum Gasteiger partial charge on any atom is 0.387 e. The maximum atomic E-state index is 12.8. The average molecular weight is 506 g/mol. The Balaban J connectivity index is 1.48. The first-order valence-corrected chi connectivity index (χ1v) is 10.9. The van der Waals surface area contributed by atoms with Gasteiger partial charge in [0.2, 0.25) is 0 Å². The Morgan fingerprint density at radius 1 is 1.15 bits per heavy atom. The van der Waals surface area contributed by atoms with Crippen molar-refractivity contribution < 1.29 is 18.3 Å². The molecule has 2 aromatic carbocycles. The lowest BCUT2D eigenvalue weighted by atomic mass is 10.1. The van der Waals surface area contributed by atoms with E-state index in [4.69, 9.17) is 23.2 Å². The Bertz CT molecular complexity index is 1340. The molecule has 4 aromatic rings. The zero-order chi connectivity index (χ0) is 24.4. The van der Waals surface area contributed by atoms with E-state index in [1.54, 1.807) is 41.9 Å². The van der Waals surface area contributed by atoms with Gasteiger partial charge < -0.3 is 10.1 Å². The molecule has 4 rings (SSSR count). The zero-order valence-electron chi connectivity index (χ0n) is 18.1. The first kappa shape index (κ1) is 23.7. The van der Waals surface area contributed by atoms with Gasteiger partial charge in [-0.1, -0.05) is 29.3 Å². The van der Waals surface area contributed by atoms with Crippen LogP contribution >= 0.6 is 23.2 Å². The quantitative estimate of drug-likeness (QED) is 0.317. The number of hydrogen-bond donors (Lipinski definition) is 2. The second-order valence-electron chi connectivity index (χ2n) is 7.46. The lowest BCUT2D eigenvalue weighted by molar-refractivity contribution is -0.0498.